The summed E-state index contributed by atoms with van der Waals surface area (Å²) in [6, 6.07) is 1.65. The highest BCUT2D eigenvalue weighted by Crippen LogP contribution is 2.26. The number of nitrogens with zero attached hydrogens (tertiary/aromatic N) is 1. The fourth-order valence-corrected chi connectivity index (χ4v) is 1.59. The molecular formula is C10H10ClN3O2. The molecule has 0 radical (unpaired) electrons. The van der Waals surface area contributed by atoms with Gasteiger partial charge < -0.3 is 15.5 Å². The first-order chi connectivity index (χ1) is 7.63. The van der Waals surface area contributed by atoms with Gasteiger partial charge in [0.2, 0.25) is 0 Å². The fourth-order valence-electron chi connectivity index (χ4n) is 1.43. The second-order valence-corrected chi connectivity index (χ2v) is 3.62. The average molecular weight is 240 g/mol. The molecule has 2 heterocycles. The number of aromatic amines is 1. The van der Waals surface area contributed by atoms with E-state index >= 15 is 0 Å². The lowest BCUT2D eigenvalue weighted by molar-refractivity contribution is 0.0522. The Morgan fingerprint density at radius 3 is 3.12 bits per heavy atom. The Kier molecular flexibility index (Phi) is 2.70. The molecule has 2 aromatic rings. The summed E-state index contributed by atoms with van der Waals surface area (Å²) in [5.41, 5.74) is 6.85. The predicted molar refractivity (Wildman–Crippen MR) is 61.5 cm³/mol. The molecule has 84 valence electrons. The first kappa shape index (κ1) is 10.8. The summed E-state index contributed by atoms with van der Waals surface area (Å²) in [6.07, 6.45) is 1.48. The number of nitrogens with one attached hydrogen (secondary N) is 1. The zero-order valence-electron chi connectivity index (χ0n) is 8.58. The van der Waals surface area contributed by atoms with Gasteiger partial charge in [-0.3, -0.25) is 0 Å². The molecule has 0 fully saturated rings. The van der Waals surface area contributed by atoms with Crippen LogP contribution in [0.25, 0.3) is 11.0 Å². The molecule has 0 bridgehead atoms. The van der Waals surface area contributed by atoms with Crippen molar-refractivity contribution in [3.8, 4) is 0 Å². The maximum absolute atomic E-state index is 11.5. The van der Waals surface area contributed by atoms with Crippen molar-refractivity contribution in [2.75, 3.05) is 12.3 Å². The Morgan fingerprint density at radius 1 is 1.69 bits per heavy atom. The number of nitrogens with two attached hydrogens (primary N) is 1. The predicted octanol–water partition coefficient (Wildman–Crippen LogP) is 1.98. The van der Waals surface area contributed by atoms with E-state index in [1.54, 1.807) is 13.0 Å². The molecule has 2 aromatic heterocycles. The summed E-state index contributed by atoms with van der Waals surface area (Å²) in [4.78, 5) is 18.4. The normalized spacial score (nSPS) is 10.6. The third-order valence-electron chi connectivity index (χ3n) is 2.14. The molecule has 5 nitrogen and oxygen atoms in total. The van der Waals surface area contributed by atoms with Gasteiger partial charge in [0.05, 0.1) is 17.3 Å². The van der Waals surface area contributed by atoms with Crippen LogP contribution in [-0.2, 0) is 4.74 Å². The van der Waals surface area contributed by atoms with Crippen LogP contribution in [0.15, 0.2) is 12.3 Å². The molecule has 16 heavy (non-hydrogen) atoms. The standard InChI is InChI=1S/C10H10ClN3O2/c1-2-16-10(15)8-7(12)6-3-5(11)4-13-9(6)14-8/h3-4H,2,12H2,1H3,(H,13,14). The van der Waals surface area contributed by atoms with Crippen LogP contribution in [0.3, 0.4) is 0 Å². The van der Waals surface area contributed by atoms with Crippen LogP contribution >= 0.6 is 11.6 Å². The number of hydrogen-bond acceptors (Lipinski definition) is 4. The minimum absolute atomic E-state index is 0.214. The Balaban J connectivity index is 2.56. The van der Waals surface area contributed by atoms with Crippen LogP contribution in [0, 0.1) is 0 Å². The fraction of sp³-hybridized carbons (Fsp3) is 0.200. The molecule has 0 spiro atoms. The Hall–Kier alpha value is -1.75. The van der Waals surface area contributed by atoms with Crippen molar-refractivity contribution in [3.63, 3.8) is 0 Å². The van der Waals surface area contributed by atoms with E-state index in [0.29, 0.717) is 28.4 Å². The van der Waals surface area contributed by atoms with E-state index in [0.717, 1.165) is 0 Å². The van der Waals surface area contributed by atoms with Crippen molar-refractivity contribution < 1.29 is 9.53 Å². The van der Waals surface area contributed by atoms with Crippen LogP contribution in [0.4, 0.5) is 5.69 Å². The topological polar surface area (TPSA) is 81.0 Å². The van der Waals surface area contributed by atoms with Gasteiger partial charge in [-0.15, -0.1) is 0 Å². The number of esters is 1. The smallest absolute Gasteiger partial charge is 0.356 e. The van der Waals surface area contributed by atoms with E-state index < -0.39 is 5.97 Å². The lowest BCUT2D eigenvalue weighted by Gasteiger charge is -1.99. The van der Waals surface area contributed by atoms with Crippen molar-refractivity contribution in [2.24, 2.45) is 0 Å². The molecule has 0 saturated heterocycles. The number of carbonyl (C=O) groups excluding carboxylic acids is 1. The number of aromatic nitrogens is 2. The summed E-state index contributed by atoms with van der Waals surface area (Å²) in [5, 5.41) is 1.09. The quantitative estimate of drug-likeness (QED) is 0.785. The second-order valence-electron chi connectivity index (χ2n) is 3.18. The molecule has 0 aromatic carbocycles. The van der Waals surface area contributed by atoms with Crippen LogP contribution in [0.5, 0.6) is 0 Å². The third-order valence-corrected chi connectivity index (χ3v) is 2.34. The third kappa shape index (κ3) is 1.69. The maximum atomic E-state index is 11.5. The van der Waals surface area contributed by atoms with Gasteiger partial charge in [0, 0.05) is 11.6 Å². The highest BCUT2D eigenvalue weighted by Gasteiger charge is 2.17. The van der Waals surface area contributed by atoms with Crippen molar-refractivity contribution in [1.82, 2.24) is 9.97 Å². The van der Waals surface area contributed by atoms with Gasteiger partial charge in [-0.25, -0.2) is 9.78 Å². The number of hydrogen-bond donors (Lipinski definition) is 2. The highest BCUT2D eigenvalue weighted by atomic mass is 35.5. The number of H-pyrrole nitrogens is 1. The van der Waals surface area contributed by atoms with Crippen molar-refractivity contribution in [2.45, 2.75) is 6.92 Å². The van der Waals surface area contributed by atoms with Gasteiger partial charge in [0.25, 0.3) is 0 Å². The molecule has 0 atom stereocenters. The van der Waals surface area contributed by atoms with Gasteiger partial charge in [0.15, 0.2) is 5.69 Å². The zero-order chi connectivity index (χ0) is 11.7. The lowest BCUT2D eigenvalue weighted by Crippen LogP contribution is -2.07. The number of nitrogen functional groups attached to an aromatic ring is 1. The van der Waals surface area contributed by atoms with E-state index in [-0.39, 0.29) is 5.69 Å². The summed E-state index contributed by atoms with van der Waals surface area (Å²) < 4.78 is 4.86. The van der Waals surface area contributed by atoms with Crippen LogP contribution in [0.1, 0.15) is 17.4 Å². The Bertz CT molecular complexity index is 550. The van der Waals surface area contributed by atoms with E-state index in [4.69, 9.17) is 22.1 Å². The molecule has 0 amide bonds. The monoisotopic (exact) mass is 239 g/mol. The molecule has 3 N–H and O–H groups in total. The van der Waals surface area contributed by atoms with Gasteiger partial charge in [-0.05, 0) is 13.0 Å². The number of halogens is 1. The lowest BCUT2D eigenvalue weighted by atomic mass is 10.2. The largest absolute Gasteiger partial charge is 0.461 e. The Labute approximate surface area is 96.6 Å². The second kappa shape index (κ2) is 4.02. The first-order valence-corrected chi connectivity index (χ1v) is 5.11. The van der Waals surface area contributed by atoms with Crippen molar-refractivity contribution in [1.29, 1.82) is 0 Å². The maximum Gasteiger partial charge on any atom is 0.356 e. The van der Waals surface area contributed by atoms with Crippen molar-refractivity contribution in [3.05, 3.63) is 23.0 Å². The molecule has 0 unspecified atom stereocenters. The van der Waals surface area contributed by atoms with Crippen molar-refractivity contribution >= 4 is 34.3 Å². The molecule has 0 aliphatic carbocycles. The SMILES string of the molecule is CCOC(=O)c1[nH]c2ncc(Cl)cc2c1N. The van der Waals surface area contributed by atoms with E-state index in [1.165, 1.54) is 6.20 Å². The molecular weight excluding hydrogens is 230 g/mol. The van der Waals surface area contributed by atoms with Gasteiger partial charge in [0.1, 0.15) is 5.65 Å². The number of carbonyl (C=O) groups is 1. The van der Waals surface area contributed by atoms with E-state index in [9.17, 15) is 4.79 Å². The number of rotatable bonds is 2. The Morgan fingerprint density at radius 2 is 2.44 bits per heavy atom. The van der Waals surface area contributed by atoms with Gasteiger partial charge >= 0.3 is 5.97 Å². The number of pyridine rings is 1. The first-order valence-electron chi connectivity index (χ1n) is 4.73. The minimum atomic E-state index is -0.492. The molecule has 6 heteroatoms. The molecule has 2 rings (SSSR count). The van der Waals surface area contributed by atoms with Crippen LogP contribution in [0.2, 0.25) is 5.02 Å². The zero-order valence-corrected chi connectivity index (χ0v) is 9.34. The van der Waals surface area contributed by atoms with E-state index in [2.05, 4.69) is 9.97 Å². The van der Waals surface area contributed by atoms with Gasteiger partial charge in [-0.1, -0.05) is 11.6 Å². The molecule has 0 saturated carbocycles. The number of anilines is 1. The average Bonchev–Trinajstić information content (AvgIpc) is 2.57. The highest BCUT2D eigenvalue weighted by molar-refractivity contribution is 6.31. The minimum Gasteiger partial charge on any atom is -0.461 e. The van der Waals surface area contributed by atoms with E-state index in [1.807, 2.05) is 0 Å². The number of ether oxygens (including phenoxy) is 1. The van der Waals surface area contributed by atoms with Crippen LogP contribution < -0.4 is 5.73 Å². The van der Waals surface area contributed by atoms with Crippen LogP contribution in [-0.4, -0.2) is 22.5 Å². The summed E-state index contributed by atoms with van der Waals surface area (Å²) in [5.74, 6) is -0.492. The summed E-state index contributed by atoms with van der Waals surface area (Å²) >= 11 is 5.79. The van der Waals surface area contributed by atoms with Gasteiger partial charge in [-0.2, -0.15) is 0 Å². The molecule has 0 aliphatic rings. The molecule has 0 aliphatic heterocycles. The summed E-state index contributed by atoms with van der Waals surface area (Å²) in [6.45, 7) is 2.02. The summed E-state index contributed by atoms with van der Waals surface area (Å²) in [7, 11) is 0. The number of fused-ring (bicyclic) bond motifs is 1.